The van der Waals surface area contributed by atoms with Crippen molar-refractivity contribution in [3.63, 3.8) is 0 Å². The van der Waals surface area contributed by atoms with Crippen LogP contribution < -0.4 is 5.32 Å². The fourth-order valence-corrected chi connectivity index (χ4v) is 6.02. The lowest BCUT2D eigenvalue weighted by molar-refractivity contribution is 0.132. The lowest BCUT2D eigenvalue weighted by Gasteiger charge is -2.35. The SMILES string of the molecule is CN1CCN(CC2CCc3c(sc4ncnc(Nc5ccc(F)c(Cl)c5)c34)C2)CC1. The van der Waals surface area contributed by atoms with E-state index in [-0.39, 0.29) is 5.02 Å². The minimum atomic E-state index is -0.422. The average Bonchev–Trinajstić information content (AvgIpc) is 3.11. The molecule has 3 heterocycles. The van der Waals surface area contributed by atoms with Gasteiger partial charge in [-0.1, -0.05) is 11.6 Å². The third-order valence-corrected chi connectivity index (χ3v) is 7.69. The zero-order valence-corrected chi connectivity index (χ0v) is 18.6. The molecule has 0 saturated carbocycles. The van der Waals surface area contributed by atoms with Crippen molar-refractivity contribution in [3.8, 4) is 0 Å². The summed E-state index contributed by atoms with van der Waals surface area (Å²) in [6.07, 6.45) is 4.96. The van der Waals surface area contributed by atoms with E-state index in [1.807, 2.05) is 0 Å². The lowest BCUT2D eigenvalue weighted by atomic mass is 9.87. The van der Waals surface area contributed by atoms with Crippen molar-refractivity contribution in [2.75, 3.05) is 45.1 Å². The zero-order valence-electron chi connectivity index (χ0n) is 17.0. The van der Waals surface area contributed by atoms with Crippen LogP contribution in [0.1, 0.15) is 16.9 Å². The highest BCUT2D eigenvalue weighted by Gasteiger charge is 2.27. The number of nitrogens with one attached hydrogen (secondary N) is 1. The molecule has 1 aromatic carbocycles. The second-order valence-electron chi connectivity index (χ2n) is 8.37. The van der Waals surface area contributed by atoms with Gasteiger partial charge < -0.3 is 15.1 Å². The second kappa shape index (κ2) is 8.38. The average molecular weight is 446 g/mol. The molecule has 2 aromatic heterocycles. The molecule has 0 amide bonds. The molecule has 5 rings (SSSR count). The van der Waals surface area contributed by atoms with Crippen LogP contribution >= 0.6 is 22.9 Å². The molecule has 1 atom stereocenters. The zero-order chi connectivity index (χ0) is 20.7. The molecular formula is C22H25ClFN5S. The van der Waals surface area contributed by atoms with E-state index in [4.69, 9.17) is 11.6 Å². The Balaban J connectivity index is 1.37. The number of thiophene rings is 1. The molecule has 3 aromatic rings. The summed E-state index contributed by atoms with van der Waals surface area (Å²) in [6.45, 7) is 5.86. The van der Waals surface area contributed by atoms with Crippen LogP contribution in [0.4, 0.5) is 15.9 Å². The first-order chi connectivity index (χ1) is 14.6. The molecule has 8 heteroatoms. The number of anilines is 2. The summed E-state index contributed by atoms with van der Waals surface area (Å²) in [4.78, 5) is 16.5. The monoisotopic (exact) mass is 445 g/mol. The number of aromatic nitrogens is 2. The van der Waals surface area contributed by atoms with E-state index in [0.717, 1.165) is 34.6 Å². The van der Waals surface area contributed by atoms with Gasteiger partial charge in [-0.15, -0.1) is 11.3 Å². The summed E-state index contributed by atoms with van der Waals surface area (Å²) in [5.74, 6) is 1.06. The Hall–Kier alpha value is -1.80. The third kappa shape index (κ3) is 4.04. The quantitative estimate of drug-likeness (QED) is 0.636. The first-order valence-corrected chi connectivity index (χ1v) is 11.6. The molecule has 5 nitrogen and oxygen atoms in total. The highest BCUT2D eigenvalue weighted by atomic mass is 35.5. The van der Waals surface area contributed by atoms with E-state index >= 15 is 0 Å². The molecule has 0 bridgehead atoms. The molecule has 1 fully saturated rings. The van der Waals surface area contributed by atoms with Crippen molar-refractivity contribution >= 4 is 44.7 Å². The molecule has 2 aliphatic rings. The van der Waals surface area contributed by atoms with Crippen LogP contribution in [0.25, 0.3) is 10.2 Å². The fourth-order valence-electron chi connectivity index (χ4n) is 4.54. The highest BCUT2D eigenvalue weighted by Crippen LogP contribution is 2.40. The Morgan fingerprint density at radius 2 is 2.07 bits per heavy atom. The van der Waals surface area contributed by atoms with Crippen LogP contribution in [0.3, 0.4) is 0 Å². The maximum atomic E-state index is 13.5. The van der Waals surface area contributed by atoms with Gasteiger partial charge in [0, 0.05) is 43.3 Å². The van der Waals surface area contributed by atoms with Crippen LogP contribution in [0, 0.1) is 11.7 Å². The molecule has 1 aliphatic carbocycles. The number of piperazine rings is 1. The lowest BCUT2D eigenvalue weighted by Crippen LogP contribution is -2.46. The third-order valence-electron chi connectivity index (χ3n) is 6.24. The predicted octanol–water partition coefficient (Wildman–Crippen LogP) is 4.58. The smallest absolute Gasteiger partial charge is 0.142 e. The number of rotatable bonds is 4. The topological polar surface area (TPSA) is 44.3 Å². The number of hydrogen-bond acceptors (Lipinski definition) is 6. The number of benzene rings is 1. The summed E-state index contributed by atoms with van der Waals surface area (Å²) in [6, 6.07) is 4.64. The van der Waals surface area contributed by atoms with Crippen molar-refractivity contribution in [3.05, 3.63) is 45.8 Å². The van der Waals surface area contributed by atoms with Gasteiger partial charge in [0.05, 0.1) is 10.4 Å². The number of hydrogen-bond donors (Lipinski definition) is 1. The molecule has 1 N–H and O–H groups in total. The maximum absolute atomic E-state index is 13.5. The predicted molar refractivity (Wildman–Crippen MR) is 122 cm³/mol. The van der Waals surface area contributed by atoms with Crippen LogP contribution in [-0.2, 0) is 12.8 Å². The van der Waals surface area contributed by atoms with Gasteiger partial charge in [-0.05, 0) is 56.0 Å². The number of aryl methyl sites for hydroxylation is 1. The summed E-state index contributed by atoms with van der Waals surface area (Å²) in [5, 5.41) is 4.53. The van der Waals surface area contributed by atoms with Gasteiger partial charge >= 0.3 is 0 Å². The molecule has 1 aliphatic heterocycles. The Morgan fingerprint density at radius 3 is 2.87 bits per heavy atom. The first-order valence-electron chi connectivity index (χ1n) is 10.4. The van der Waals surface area contributed by atoms with Crippen molar-refractivity contribution in [1.82, 2.24) is 19.8 Å². The minimum Gasteiger partial charge on any atom is -0.340 e. The highest BCUT2D eigenvalue weighted by molar-refractivity contribution is 7.19. The minimum absolute atomic E-state index is 0.101. The van der Waals surface area contributed by atoms with E-state index in [1.165, 1.54) is 55.7 Å². The summed E-state index contributed by atoms with van der Waals surface area (Å²) >= 11 is 7.74. The van der Waals surface area contributed by atoms with Crippen LogP contribution in [-0.4, -0.2) is 59.5 Å². The van der Waals surface area contributed by atoms with Crippen LogP contribution in [0.2, 0.25) is 5.02 Å². The number of nitrogens with zero attached hydrogens (tertiary/aromatic N) is 4. The van der Waals surface area contributed by atoms with Gasteiger partial charge in [-0.3, -0.25) is 0 Å². The van der Waals surface area contributed by atoms with Crippen molar-refractivity contribution in [1.29, 1.82) is 0 Å². The Kier molecular flexibility index (Phi) is 5.62. The first kappa shape index (κ1) is 20.1. The van der Waals surface area contributed by atoms with Crippen molar-refractivity contribution in [2.24, 2.45) is 5.92 Å². The molecule has 158 valence electrons. The second-order valence-corrected chi connectivity index (χ2v) is 9.86. The number of halogens is 2. The van der Waals surface area contributed by atoms with Crippen LogP contribution in [0.5, 0.6) is 0 Å². The maximum Gasteiger partial charge on any atom is 0.142 e. The molecular weight excluding hydrogens is 421 g/mol. The summed E-state index contributed by atoms with van der Waals surface area (Å²) in [5.41, 5.74) is 2.10. The standard InChI is InChI=1S/C22H25ClFN5S/c1-28-6-8-29(9-7-28)12-14-2-4-16-19(10-14)30-22-20(16)21(25-13-26-22)27-15-3-5-18(24)17(23)11-15/h3,5,11,13-14H,2,4,6-10,12H2,1H3,(H,25,26,27). The Labute approximate surface area is 184 Å². The van der Waals surface area contributed by atoms with Crippen LogP contribution in [0.15, 0.2) is 24.5 Å². The van der Waals surface area contributed by atoms with E-state index < -0.39 is 5.82 Å². The molecule has 30 heavy (non-hydrogen) atoms. The van der Waals surface area contributed by atoms with E-state index in [2.05, 4.69) is 32.1 Å². The number of fused-ring (bicyclic) bond motifs is 3. The Morgan fingerprint density at radius 1 is 1.23 bits per heavy atom. The fraction of sp³-hybridized carbons (Fsp3) is 0.455. The van der Waals surface area contributed by atoms with Crippen molar-refractivity contribution in [2.45, 2.75) is 19.3 Å². The van der Waals surface area contributed by atoms with Gasteiger partial charge in [0.15, 0.2) is 0 Å². The van der Waals surface area contributed by atoms with Crippen molar-refractivity contribution < 1.29 is 4.39 Å². The summed E-state index contributed by atoms with van der Waals surface area (Å²) in [7, 11) is 2.20. The molecule has 1 saturated heterocycles. The van der Waals surface area contributed by atoms with Gasteiger partial charge in [-0.2, -0.15) is 0 Å². The van der Waals surface area contributed by atoms with E-state index in [9.17, 15) is 4.39 Å². The van der Waals surface area contributed by atoms with Gasteiger partial charge in [0.25, 0.3) is 0 Å². The molecule has 0 radical (unpaired) electrons. The van der Waals surface area contributed by atoms with E-state index in [0.29, 0.717) is 5.92 Å². The molecule has 0 spiro atoms. The molecule has 1 unspecified atom stereocenters. The number of likely N-dealkylation sites (N-methyl/N-ethyl adjacent to an activating group) is 1. The normalized spacial score (nSPS) is 20.4. The van der Waals surface area contributed by atoms with Gasteiger partial charge in [0.1, 0.15) is 22.8 Å². The largest absolute Gasteiger partial charge is 0.340 e. The van der Waals surface area contributed by atoms with Gasteiger partial charge in [-0.25, -0.2) is 14.4 Å². The van der Waals surface area contributed by atoms with E-state index in [1.54, 1.807) is 29.8 Å². The van der Waals surface area contributed by atoms with Gasteiger partial charge in [0.2, 0.25) is 0 Å². The summed E-state index contributed by atoms with van der Waals surface area (Å²) < 4.78 is 13.5. The Bertz CT molecular complexity index is 1060.